The van der Waals surface area contributed by atoms with Crippen molar-refractivity contribution in [3.05, 3.63) is 48.0 Å². The number of nitrogens with two attached hydrogens (primary N) is 1. The first-order valence-corrected chi connectivity index (χ1v) is 3.82. The molecule has 0 amide bonds. The van der Waals surface area contributed by atoms with Crippen LogP contribution < -0.4 is 5.73 Å². The van der Waals surface area contributed by atoms with Crippen LogP contribution >= 0.6 is 24.0 Å². The van der Waals surface area contributed by atoms with Crippen molar-refractivity contribution in [2.75, 3.05) is 6.54 Å². The molecule has 0 atom stereocenters. The van der Waals surface area contributed by atoms with Crippen molar-refractivity contribution >= 4 is 24.0 Å². The Kier molecular flexibility index (Phi) is 7.09. The molecule has 1 rings (SSSR count). The Morgan fingerprint density at radius 3 is 2.33 bits per heavy atom. The van der Waals surface area contributed by atoms with Crippen LogP contribution in [0.15, 0.2) is 42.5 Å². The van der Waals surface area contributed by atoms with Crippen LogP contribution in [-0.4, -0.2) is 6.54 Å². The molecule has 1 aromatic rings. The summed E-state index contributed by atoms with van der Waals surface area (Å²) < 4.78 is 0. The summed E-state index contributed by atoms with van der Waals surface area (Å²) in [5.74, 6) is 0. The topological polar surface area (TPSA) is 26.0 Å². The van der Waals surface area contributed by atoms with Gasteiger partial charge in [-0.3, -0.25) is 0 Å². The van der Waals surface area contributed by atoms with Crippen LogP contribution in [0, 0.1) is 0 Å². The summed E-state index contributed by atoms with van der Waals surface area (Å²) in [7, 11) is 0. The number of benzene rings is 1. The lowest BCUT2D eigenvalue weighted by Crippen LogP contribution is -1.92. The lowest BCUT2D eigenvalue weighted by atomic mass is 10.1. The molecule has 0 saturated heterocycles. The summed E-state index contributed by atoms with van der Waals surface area (Å²) in [6, 6.07) is 10.3. The van der Waals surface area contributed by atoms with Gasteiger partial charge in [0.2, 0.25) is 0 Å². The third-order valence-corrected chi connectivity index (χ3v) is 1.50. The van der Waals surface area contributed by atoms with Crippen LogP contribution in [0.5, 0.6) is 0 Å². The first kappa shape index (κ1) is 11.6. The highest BCUT2D eigenvalue weighted by Gasteiger charge is 1.83. The highest BCUT2D eigenvalue weighted by Crippen LogP contribution is 1.99. The zero-order valence-corrected chi connectivity index (χ0v) is 9.27. The third-order valence-electron chi connectivity index (χ3n) is 1.50. The van der Waals surface area contributed by atoms with Crippen molar-refractivity contribution in [2.45, 2.75) is 6.42 Å². The summed E-state index contributed by atoms with van der Waals surface area (Å²) in [6.45, 7) is 0.632. The van der Waals surface area contributed by atoms with Crippen molar-refractivity contribution in [3.8, 4) is 0 Å². The van der Waals surface area contributed by atoms with Crippen molar-refractivity contribution in [3.63, 3.8) is 0 Å². The summed E-state index contributed by atoms with van der Waals surface area (Å²) in [5, 5.41) is 0. The van der Waals surface area contributed by atoms with E-state index < -0.39 is 0 Å². The van der Waals surface area contributed by atoms with E-state index in [0.717, 1.165) is 6.42 Å². The molecule has 0 aliphatic carbocycles. The second kappa shape index (κ2) is 7.31. The molecule has 1 nitrogen and oxygen atoms in total. The highest BCUT2D eigenvalue weighted by molar-refractivity contribution is 14.0. The fraction of sp³-hybridized carbons (Fsp3) is 0.200. The third kappa shape index (κ3) is 4.51. The van der Waals surface area contributed by atoms with Gasteiger partial charge in [0, 0.05) is 6.54 Å². The molecular formula is C10H14IN. The summed E-state index contributed by atoms with van der Waals surface area (Å²) in [4.78, 5) is 0. The largest absolute Gasteiger partial charge is 0.327 e. The number of halogens is 1. The van der Waals surface area contributed by atoms with E-state index in [1.54, 1.807) is 0 Å². The Balaban J connectivity index is 0.00000121. The maximum atomic E-state index is 5.31. The Hall–Kier alpha value is -0.350. The van der Waals surface area contributed by atoms with E-state index in [1.807, 2.05) is 24.3 Å². The minimum Gasteiger partial charge on any atom is -0.327 e. The lowest BCUT2D eigenvalue weighted by molar-refractivity contribution is 1.20. The summed E-state index contributed by atoms with van der Waals surface area (Å²) in [5.41, 5.74) is 6.64. The summed E-state index contributed by atoms with van der Waals surface area (Å²) >= 11 is 0. The van der Waals surface area contributed by atoms with E-state index in [0.29, 0.717) is 6.54 Å². The van der Waals surface area contributed by atoms with Crippen LogP contribution in [0.1, 0.15) is 5.56 Å². The molecule has 0 unspecified atom stereocenters. The van der Waals surface area contributed by atoms with Gasteiger partial charge < -0.3 is 5.73 Å². The number of allylic oxidation sites excluding steroid dienone is 1. The quantitative estimate of drug-likeness (QED) is 0.665. The van der Waals surface area contributed by atoms with E-state index in [2.05, 4.69) is 18.2 Å². The molecule has 0 radical (unpaired) electrons. The van der Waals surface area contributed by atoms with Crippen LogP contribution in [0.25, 0.3) is 0 Å². The first-order chi connectivity index (χ1) is 5.43. The Labute approximate surface area is 90.7 Å². The van der Waals surface area contributed by atoms with Gasteiger partial charge >= 0.3 is 0 Å². The molecule has 12 heavy (non-hydrogen) atoms. The predicted octanol–water partition coefficient (Wildman–Crippen LogP) is 2.36. The van der Waals surface area contributed by atoms with Crippen molar-refractivity contribution in [1.29, 1.82) is 0 Å². The predicted molar refractivity (Wildman–Crippen MR) is 63.8 cm³/mol. The molecule has 2 heteroatoms. The fourth-order valence-corrected chi connectivity index (χ4v) is 0.930. The smallest absolute Gasteiger partial charge is 0.0106 e. The van der Waals surface area contributed by atoms with E-state index in [-0.39, 0.29) is 24.0 Å². The van der Waals surface area contributed by atoms with Gasteiger partial charge in [0.25, 0.3) is 0 Å². The van der Waals surface area contributed by atoms with Gasteiger partial charge in [-0.2, -0.15) is 0 Å². The standard InChI is InChI=1S/C10H13N.HI/c11-9-5-4-8-10-6-2-1-3-7-10;/h1-7H,8-9,11H2;1H. The minimum atomic E-state index is 0. The van der Waals surface area contributed by atoms with Crippen LogP contribution in [0.4, 0.5) is 0 Å². The van der Waals surface area contributed by atoms with Crippen molar-refractivity contribution in [2.24, 2.45) is 5.73 Å². The van der Waals surface area contributed by atoms with Crippen LogP contribution in [0.2, 0.25) is 0 Å². The minimum absolute atomic E-state index is 0. The molecular weight excluding hydrogens is 261 g/mol. The zero-order chi connectivity index (χ0) is 7.94. The average Bonchev–Trinajstić information content (AvgIpc) is 2.07. The van der Waals surface area contributed by atoms with Crippen molar-refractivity contribution < 1.29 is 0 Å². The van der Waals surface area contributed by atoms with E-state index >= 15 is 0 Å². The SMILES string of the molecule is I.NCC=CCc1ccccc1. The monoisotopic (exact) mass is 275 g/mol. The zero-order valence-electron chi connectivity index (χ0n) is 6.94. The normalized spacial score (nSPS) is 9.75. The molecule has 2 N–H and O–H groups in total. The molecule has 0 aliphatic rings. The summed E-state index contributed by atoms with van der Waals surface area (Å²) in [6.07, 6.45) is 5.06. The van der Waals surface area contributed by atoms with E-state index in [1.165, 1.54) is 5.56 Å². The molecule has 66 valence electrons. The van der Waals surface area contributed by atoms with Gasteiger partial charge in [0.15, 0.2) is 0 Å². The molecule has 1 aromatic carbocycles. The van der Waals surface area contributed by atoms with Crippen LogP contribution in [0.3, 0.4) is 0 Å². The first-order valence-electron chi connectivity index (χ1n) is 3.82. The van der Waals surface area contributed by atoms with Crippen LogP contribution in [-0.2, 0) is 6.42 Å². The van der Waals surface area contributed by atoms with Gasteiger partial charge in [-0.1, -0.05) is 42.5 Å². The maximum Gasteiger partial charge on any atom is 0.0106 e. The number of hydrogen-bond donors (Lipinski definition) is 1. The maximum absolute atomic E-state index is 5.31. The molecule has 0 aliphatic heterocycles. The molecule has 0 heterocycles. The number of hydrogen-bond acceptors (Lipinski definition) is 1. The number of rotatable bonds is 3. The van der Waals surface area contributed by atoms with Crippen molar-refractivity contribution in [1.82, 2.24) is 0 Å². The second-order valence-electron chi connectivity index (χ2n) is 2.40. The molecule has 0 fully saturated rings. The lowest BCUT2D eigenvalue weighted by Gasteiger charge is -1.92. The molecule has 0 aromatic heterocycles. The van der Waals surface area contributed by atoms with Gasteiger partial charge in [0.1, 0.15) is 0 Å². The molecule has 0 saturated carbocycles. The Bertz CT molecular complexity index is 219. The Morgan fingerprint density at radius 2 is 1.75 bits per heavy atom. The Morgan fingerprint density at radius 1 is 1.08 bits per heavy atom. The van der Waals surface area contributed by atoms with E-state index in [4.69, 9.17) is 5.73 Å². The fourth-order valence-electron chi connectivity index (χ4n) is 0.930. The van der Waals surface area contributed by atoms with E-state index in [9.17, 15) is 0 Å². The van der Waals surface area contributed by atoms with Gasteiger partial charge in [0.05, 0.1) is 0 Å². The van der Waals surface area contributed by atoms with Gasteiger partial charge in [-0.15, -0.1) is 24.0 Å². The molecule has 0 bridgehead atoms. The second-order valence-corrected chi connectivity index (χ2v) is 2.40. The van der Waals surface area contributed by atoms with Gasteiger partial charge in [-0.05, 0) is 12.0 Å². The molecule has 0 spiro atoms. The highest BCUT2D eigenvalue weighted by atomic mass is 127. The van der Waals surface area contributed by atoms with Gasteiger partial charge in [-0.25, -0.2) is 0 Å². The average molecular weight is 275 g/mol.